The quantitative estimate of drug-likeness (QED) is 0.808. The summed E-state index contributed by atoms with van der Waals surface area (Å²) in [5.41, 5.74) is 2.25. The molecule has 8 heteroatoms. The lowest BCUT2D eigenvalue weighted by molar-refractivity contribution is -0.00205. The van der Waals surface area contributed by atoms with Gasteiger partial charge in [-0.3, -0.25) is 4.79 Å². The molecule has 4 rings (SSSR count). The fourth-order valence-corrected chi connectivity index (χ4v) is 3.61. The van der Waals surface area contributed by atoms with Crippen molar-refractivity contribution < 1.29 is 14.3 Å². The molecule has 0 unspecified atom stereocenters. The van der Waals surface area contributed by atoms with E-state index in [4.69, 9.17) is 9.47 Å². The number of piperazine rings is 1. The highest BCUT2D eigenvalue weighted by molar-refractivity contribution is 5.93. The first-order valence-corrected chi connectivity index (χ1v) is 9.39. The van der Waals surface area contributed by atoms with Crippen molar-refractivity contribution in [3.63, 3.8) is 0 Å². The van der Waals surface area contributed by atoms with E-state index >= 15 is 0 Å². The van der Waals surface area contributed by atoms with Crippen LogP contribution in [0.2, 0.25) is 0 Å². The first-order chi connectivity index (χ1) is 13.2. The number of likely N-dealkylation sites (N-methyl/N-ethyl adjacent to an activating group) is 1. The van der Waals surface area contributed by atoms with Gasteiger partial charge in [0, 0.05) is 26.2 Å². The van der Waals surface area contributed by atoms with E-state index in [1.807, 2.05) is 29.2 Å². The minimum Gasteiger partial charge on any atom is -0.497 e. The number of amides is 1. The number of rotatable bonds is 4. The molecule has 1 saturated heterocycles. The molecule has 144 valence electrons. The summed E-state index contributed by atoms with van der Waals surface area (Å²) >= 11 is 0. The Balaban J connectivity index is 1.46. The minimum atomic E-state index is -0.110. The number of aromatic nitrogens is 3. The van der Waals surface area contributed by atoms with Gasteiger partial charge in [-0.1, -0.05) is 24.3 Å². The zero-order valence-electron chi connectivity index (χ0n) is 15.8. The summed E-state index contributed by atoms with van der Waals surface area (Å²) in [5.74, 6) is 0.769. The number of methoxy groups -OCH3 is 1. The molecule has 2 aliphatic rings. The van der Waals surface area contributed by atoms with Crippen molar-refractivity contribution in [2.45, 2.75) is 26.2 Å². The maximum atomic E-state index is 12.9. The van der Waals surface area contributed by atoms with E-state index < -0.39 is 0 Å². The lowest BCUT2D eigenvalue weighted by Crippen LogP contribution is -2.48. The van der Waals surface area contributed by atoms with Crippen LogP contribution >= 0.6 is 0 Å². The van der Waals surface area contributed by atoms with Gasteiger partial charge < -0.3 is 19.3 Å². The molecule has 0 spiro atoms. The molecule has 1 aromatic carbocycles. The van der Waals surface area contributed by atoms with Gasteiger partial charge in [-0.15, -0.1) is 5.10 Å². The van der Waals surface area contributed by atoms with Crippen LogP contribution in [0.4, 0.5) is 0 Å². The van der Waals surface area contributed by atoms with Gasteiger partial charge in [0.1, 0.15) is 11.9 Å². The molecule has 1 fully saturated rings. The molecular weight excluding hydrogens is 346 g/mol. The third-order valence-corrected chi connectivity index (χ3v) is 5.39. The minimum absolute atomic E-state index is 0.0431. The van der Waals surface area contributed by atoms with E-state index in [0.717, 1.165) is 49.7 Å². The van der Waals surface area contributed by atoms with E-state index in [9.17, 15) is 4.79 Å². The highest BCUT2D eigenvalue weighted by Gasteiger charge is 2.31. The molecule has 3 heterocycles. The topological polar surface area (TPSA) is 72.7 Å². The van der Waals surface area contributed by atoms with Gasteiger partial charge in [0.05, 0.1) is 26.0 Å². The molecule has 2 aliphatic heterocycles. The SMILES string of the molecule is CCN1CCN(C(=O)c2nnn3c2CO[C@H](c2ccc(OC)cc2)C3)CC1. The smallest absolute Gasteiger partial charge is 0.276 e. The Bertz CT molecular complexity index is 796. The summed E-state index contributed by atoms with van der Waals surface area (Å²) < 4.78 is 13.0. The Kier molecular flexibility index (Phi) is 5.09. The van der Waals surface area contributed by atoms with Crippen molar-refractivity contribution in [3.05, 3.63) is 41.2 Å². The van der Waals surface area contributed by atoms with Crippen LogP contribution in [0.5, 0.6) is 5.75 Å². The fourth-order valence-electron chi connectivity index (χ4n) is 3.61. The Hall–Kier alpha value is -2.45. The maximum absolute atomic E-state index is 12.9. The summed E-state index contributed by atoms with van der Waals surface area (Å²) in [6, 6.07) is 7.82. The second-order valence-electron chi connectivity index (χ2n) is 6.87. The number of carbonyl (C=O) groups excluding carboxylic acids is 1. The number of ether oxygens (including phenoxy) is 2. The lowest BCUT2D eigenvalue weighted by atomic mass is 10.1. The third-order valence-electron chi connectivity index (χ3n) is 5.39. The van der Waals surface area contributed by atoms with Crippen molar-refractivity contribution in [1.29, 1.82) is 0 Å². The summed E-state index contributed by atoms with van der Waals surface area (Å²) in [5, 5.41) is 8.39. The first kappa shape index (κ1) is 17.9. The van der Waals surface area contributed by atoms with E-state index in [2.05, 4.69) is 22.1 Å². The molecule has 27 heavy (non-hydrogen) atoms. The Morgan fingerprint density at radius 3 is 2.63 bits per heavy atom. The standard InChI is InChI=1S/C19H25N5O3/c1-3-22-8-10-23(11-9-22)19(25)18-16-13-27-17(12-24(16)21-20-18)14-4-6-15(26-2)7-5-14/h4-7,17H,3,8-13H2,1-2H3/t17-/m0/s1. The van der Waals surface area contributed by atoms with Crippen molar-refractivity contribution >= 4 is 5.91 Å². The van der Waals surface area contributed by atoms with E-state index in [-0.39, 0.29) is 12.0 Å². The first-order valence-electron chi connectivity index (χ1n) is 9.39. The van der Waals surface area contributed by atoms with E-state index in [1.54, 1.807) is 11.8 Å². The van der Waals surface area contributed by atoms with Gasteiger partial charge in [-0.2, -0.15) is 0 Å². The number of carbonyl (C=O) groups is 1. The van der Waals surface area contributed by atoms with E-state index in [0.29, 0.717) is 18.8 Å². The van der Waals surface area contributed by atoms with Gasteiger partial charge in [0.15, 0.2) is 5.69 Å². The molecule has 0 aliphatic carbocycles. The van der Waals surface area contributed by atoms with Crippen LogP contribution in [0.1, 0.15) is 34.8 Å². The van der Waals surface area contributed by atoms with Gasteiger partial charge in [0.2, 0.25) is 0 Å². The Morgan fingerprint density at radius 2 is 1.96 bits per heavy atom. The van der Waals surface area contributed by atoms with Crippen molar-refractivity contribution in [1.82, 2.24) is 24.8 Å². The molecule has 2 aromatic rings. The van der Waals surface area contributed by atoms with Crippen LogP contribution in [0, 0.1) is 0 Å². The Morgan fingerprint density at radius 1 is 1.22 bits per heavy atom. The zero-order chi connectivity index (χ0) is 18.8. The number of hydrogen-bond acceptors (Lipinski definition) is 6. The van der Waals surface area contributed by atoms with Gasteiger partial charge in [0.25, 0.3) is 5.91 Å². The predicted molar refractivity (Wildman–Crippen MR) is 98.6 cm³/mol. The van der Waals surface area contributed by atoms with Crippen molar-refractivity contribution in [2.24, 2.45) is 0 Å². The summed E-state index contributed by atoms with van der Waals surface area (Å²) in [6.07, 6.45) is -0.110. The number of hydrogen-bond donors (Lipinski definition) is 0. The van der Waals surface area contributed by atoms with Crippen molar-refractivity contribution in [3.8, 4) is 5.75 Å². The van der Waals surface area contributed by atoms with Gasteiger partial charge >= 0.3 is 0 Å². The molecule has 0 bridgehead atoms. The summed E-state index contributed by atoms with van der Waals surface area (Å²) in [6.45, 7) is 7.31. The zero-order valence-corrected chi connectivity index (χ0v) is 15.8. The van der Waals surface area contributed by atoms with Crippen LogP contribution in [-0.2, 0) is 17.9 Å². The number of benzene rings is 1. The van der Waals surface area contributed by atoms with Gasteiger partial charge in [-0.05, 0) is 24.2 Å². The maximum Gasteiger partial charge on any atom is 0.276 e. The molecule has 1 amide bonds. The molecule has 0 radical (unpaired) electrons. The predicted octanol–water partition coefficient (Wildman–Crippen LogP) is 1.34. The number of nitrogens with zero attached hydrogens (tertiary/aromatic N) is 5. The average molecular weight is 371 g/mol. The van der Waals surface area contributed by atoms with Crippen LogP contribution in [-0.4, -0.2) is 70.5 Å². The van der Waals surface area contributed by atoms with Crippen molar-refractivity contribution in [2.75, 3.05) is 39.8 Å². The van der Waals surface area contributed by atoms with Crippen LogP contribution in [0.25, 0.3) is 0 Å². The average Bonchev–Trinajstić information content (AvgIpc) is 3.16. The normalized spacial score (nSPS) is 20.4. The molecule has 1 atom stereocenters. The van der Waals surface area contributed by atoms with Crippen LogP contribution < -0.4 is 4.74 Å². The molecule has 1 aromatic heterocycles. The highest BCUT2D eigenvalue weighted by Crippen LogP contribution is 2.28. The molecule has 0 saturated carbocycles. The van der Waals surface area contributed by atoms with Gasteiger partial charge in [-0.25, -0.2) is 4.68 Å². The van der Waals surface area contributed by atoms with Crippen LogP contribution in [0.3, 0.4) is 0 Å². The largest absolute Gasteiger partial charge is 0.497 e. The molecular formula is C19H25N5O3. The van der Waals surface area contributed by atoms with E-state index in [1.165, 1.54) is 0 Å². The third kappa shape index (κ3) is 3.54. The molecule has 0 N–H and O–H groups in total. The monoisotopic (exact) mass is 371 g/mol. The second-order valence-corrected chi connectivity index (χ2v) is 6.87. The Labute approximate surface area is 158 Å². The molecule has 8 nitrogen and oxygen atoms in total. The number of fused-ring (bicyclic) bond motifs is 1. The second kappa shape index (κ2) is 7.66. The summed E-state index contributed by atoms with van der Waals surface area (Å²) in [4.78, 5) is 17.1. The summed E-state index contributed by atoms with van der Waals surface area (Å²) in [7, 11) is 1.65. The van der Waals surface area contributed by atoms with Crippen LogP contribution in [0.15, 0.2) is 24.3 Å². The fraction of sp³-hybridized carbons (Fsp3) is 0.526. The highest BCUT2D eigenvalue weighted by atomic mass is 16.5. The lowest BCUT2D eigenvalue weighted by Gasteiger charge is -2.33.